The average molecular weight is 155 g/mol. The first-order valence-electron chi connectivity index (χ1n) is 2.68. The van der Waals surface area contributed by atoms with Crippen molar-refractivity contribution in [3.63, 3.8) is 0 Å². The van der Waals surface area contributed by atoms with E-state index in [-0.39, 0.29) is 5.17 Å². The fraction of sp³-hybridized carbons (Fsp3) is 0. The van der Waals surface area contributed by atoms with Crippen LogP contribution in [0.15, 0.2) is 35.0 Å². The highest BCUT2D eigenvalue weighted by Crippen LogP contribution is 2.07. The van der Waals surface area contributed by atoms with Crippen LogP contribution in [0.3, 0.4) is 0 Å². The van der Waals surface area contributed by atoms with Crippen molar-refractivity contribution in [2.45, 2.75) is 0 Å². The summed E-state index contributed by atoms with van der Waals surface area (Å²) in [6.45, 7) is 0. The standard InChI is InChI=1S/C7H4ClNO/c8-7(9-10)6-4-2-1-3-5-6/h1-2,4-5H/p+1/b9-7-. The van der Waals surface area contributed by atoms with Crippen LogP contribution < -0.4 is 0 Å². The van der Waals surface area contributed by atoms with Gasteiger partial charge in [-0.2, -0.15) is 0 Å². The van der Waals surface area contributed by atoms with E-state index < -0.39 is 0 Å². The van der Waals surface area contributed by atoms with E-state index in [1.165, 1.54) is 0 Å². The Labute approximate surface area is 63.8 Å². The zero-order valence-electron chi connectivity index (χ0n) is 5.08. The van der Waals surface area contributed by atoms with Gasteiger partial charge in [0.05, 0.1) is 6.08 Å². The maximum absolute atomic E-state index is 8.23. The number of allylic oxidation sites excluding steroid dienone is 6. The van der Waals surface area contributed by atoms with Crippen LogP contribution in [0.2, 0.25) is 0 Å². The average Bonchev–Trinajstić information content (AvgIpc) is 2.05. The van der Waals surface area contributed by atoms with E-state index >= 15 is 0 Å². The van der Waals surface area contributed by atoms with Gasteiger partial charge in [0.25, 0.3) is 0 Å². The Kier molecular flexibility index (Phi) is 2.21. The first-order valence-corrected chi connectivity index (χ1v) is 3.06. The molecule has 1 aliphatic rings. The van der Waals surface area contributed by atoms with Gasteiger partial charge in [0.1, 0.15) is 17.7 Å². The lowest BCUT2D eigenvalue weighted by molar-refractivity contribution is 0.321. The highest BCUT2D eigenvalue weighted by atomic mass is 35.5. The van der Waals surface area contributed by atoms with Crippen LogP contribution in [0.25, 0.3) is 0 Å². The summed E-state index contributed by atoms with van der Waals surface area (Å²) in [5, 5.41) is 11.1. The number of oxime groups is 1. The number of rotatable bonds is 1. The zero-order chi connectivity index (χ0) is 7.40. The Balaban J connectivity index is 2.85. The number of hydrogen-bond acceptors (Lipinski definition) is 2. The summed E-state index contributed by atoms with van der Waals surface area (Å²) in [5.74, 6) is 0. The number of nitrogens with zero attached hydrogens (tertiary/aromatic N) is 1. The van der Waals surface area contributed by atoms with Crippen molar-refractivity contribution in [1.29, 1.82) is 0 Å². The fourth-order valence-electron chi connectivity index (χ4n) is 0.579. The first-order chi connectivity index (χ1) is 4.84. The van der Waals surface area contributed by atoms with Gasteiger partial charge in [0.15, 0.2) is 0 Å². The van der Waals surface area contributed by atoms with Gasteiger partial charge in [-0.25, -0.2) is 0 Å². The van der Waals surface area contributed by atoms with E-state index in [0.717, 1.165) is 0 Å². The second-order valence-corrected chi connectivity index (χ2v) is 2.04. The molecule has 0 aromatic rings. The molecule has 0 fully saturated rings. The molecule has 0 saturated heterocycles. The van der Waals surface area contributed by atoms with E-state index in [1.807, 2.05) is 0 Å². The minimum absolute atomic E-state index is 0.0804. The number of hydrogen-bond donors (Lipinski definition) is 1. The second kappa shape index (κ2) is 3.16. The molecule has 1 N–H and O–H groups in total. The molecule has 0 atom stereocenters. The van der Waals surface area contributed by atoms with Crippen LogP contribution in [0.1, 0.15) is 0 Å². The van der Waals surface area contributed by atoms with Crippen molar-refractivity contribution in [2.24, 2.45) is 5.16 Å². The summed E-state index contributed by atoms with van der Waals surface area (Å²) >= 11 is 5.47. The third-order valence-electron chi connectivity index (χ3n) is 1.03. The molecule has 0 bridgehead atoms. The third-order valence-corrected chi connectivity index (χ3v) is 1.33. The maximum atomic E-state index is 8.23. The van der Waals surface area contributed by atoms with E-state index in [9.17, 15) is 0 Å². The lowest BCUT2D eigenvalue weighted by Gasteiger charge is -1.87. The molecule has 0 saturated carbocycles. The van der Waals surface area contributed by atoms with Crippen LogP contribution >= 0.6 is 11.6 Å². The summed E-state index contributed by atoms with van der Waals surface area (Å²) in [6, 6.07) is 0. The predicted octanol–water partition coefficient (Wildman–Crippen LogP) is 1.87. The van der Waals surface area contributed by atoms with Gasteiger partial charge in [-0.05, 0) is 11.6 Å². The van der Waals surface area contributed by atoms with Gasteiger partial charge in [0.2, 0.25) is 5.17 Å². The van der Waals surface area contributed by atoms with Crippen LogP contribution in [0.5, 0.6) is 0 Å². The van der Waals surface area contributed by atoms with Crippen molar-refractivity contribution >= 4 is 16.8 Å². The van der Waals surface area contributed by atoms with Crippen molar-refractivity contribution in [1.82, 2.24) is 0 Å². The second-order valence-electron chi connectivity index (χ2n) is 1.68. The van der Waals surface area contributed by atoms with Gasteiger partial charge in [-0.15, -0.1) is 0 Å². The van der Waals surface area contributed by atoms with Gasteiger partial charge >= 0.3 is 0 Å². The molecule has 10 heavy (non-hydrogen) atoms. The monoisotopic (exact) mass is 154 g/mol. The zero-order valence-corrected chi connectivity index (χ0v) is 5.84. The van der Waals surface area contributed by atoms with Crippen molar-refractivity contribution < 1.29 is 5.21 Å². The van der Waals surface area contributed by atoms with Crippen LogP contribution in [-0.4, -0.2) is 10.4 Å². The molecule has 0 radical (unpaired) electrons. The SMILES string of the molecule is O/N=C(\Cl)C1=CC=C[C+]=C1. The molecule has 0 spiro atoms. The molecule has 50 valence electrons. The Hall–Kier alpha value is -1.11. The maximum Gasteiger partial charge on any atom is 0.232 e. The van der Waals surface area contributed by atoms with Crippen LogP contribution in [-0.2, 0) is 0 Å². The molecule has 1 rings (SSSR count). The summed E-state index contributed by atoms with van der Waals surface area (Å²) in [4.78, 5) is 0. The predicted molar refractivity (Wildman–Crippen MR) is 40.1 cm³/mol. The summed E-state index contributed by atoms with van der Waals surface area (Å²) in [7, 11) is 0. The van der Waals surface area contributed by atoms with Gasteiger partial charge < -0.3 is 5.21 Å². The highest BCUT2D eigenvalue weighted by molar-refractivity contribution is 6.69. The quantitative estimate of drug-likeness (QED) is 0.266. The highest BCUT2D eigenvalue weighted by Gasteiger charge is 2.08. The van der Waals surface area contributed by atoms with Gasteiger partial charge in [-0.1, -0.05) is 5.16 Å². The van der Waals surface area contributed by atoms with E-state index in [1.54, 1.807) is 24.3 Å². The van der Waals surface area contributed by atoms with Crippen LogP contribution in [0.4, 0.5) is 0 Å². The molecule has 0 aliphatic heterocycles. The molecule has 1 aliphatic carbocycles. The van der Waals surface area contributed by atoms with Gasteiger partial charge in [-0.3, -0.25) is 0 Å². The summed E-state index contributed by atoms with van der Waals surface area (Å²) in [6.07, 6.45) is 9.68. The molecule has 0 unspecified atom stereocenters. The molecule has 3 heteroatoms. The molecule has 2 nitrogen and oxygen atoms in total. The summed E-state index contributed by atoms with van der Waals surface area (Å²) in [5.41, 5.74) is 0.659. The Bertz CT molecular complexity index is 238. The first kappa shape index (κ1) is 7.00. The van der Waals surface area contributed by atoms with Crippen molar-refractivity contribution in [2.75, 3.05) is 0 Å². The molecule has 0 aromatic heterocycles. The van der Waals surface area contributed by atoms with Crippen molar-refractivity contribution in [3.8, 4) is 0 Å². The van der Waals surface area contributed by atoms with E-state index in [2.05, 4.69) is 11.2 Å². The van der Waals surface area contributed by atoms with E-state index in [4.69, 9.17) is 16.8 Å². The molecular formula is C7H5ClNO+. The Morgan fingerprint density at radius 2 is 2.50 bits per heavy atom. The Morgan fingerprint density at radius 1 is 1.70 bits per heavy atom. The molecule has 0 heterocycles. The smallest absolute Gasteiger partial charge is 0.232 e. The minimum atomic E-state index is 0.0804. The Morgan fingerprint density at radius 3 is 3.00 bits per heavy atom. The minimum Gasteiger partial charge on any atom is -0.409 e. The fourth-order valence-corrected chi connectivity index (χ4v) is 0.697. The van der Waals surface area contributed by atoms with Gasteiger partial charge in [0, 0.05) is 12.2 Å². The third kappa shape index (κ3) is 1.44. The summed E-state index contributed by atoms with van der Waals surface area (Å²) < 4.78 is 0. The van der Waals surface area contributed by atoms with Crippen molar-refractivity contribution in [3.05, 3.63) is 36.0 Å². The normalized spacial score (nSPS) is 16.5. The lowest BCUT2D eigenvalue weighted by Crippen LogP contribution is -1.91. The molecule has 0 aromatic carbocycles. The number of halogens is 1. The largest absolute Gasteiger partial charge is 0.409 e. The molecular weight excluding hydrogens is 150 g/mol. The lowest BCUT2D eigenvalue weighted by atomic mass is 10.2. The van der Waals surface area contributed by atoms with E-state index in [0.29, 0.717) is 5.57 Å². The van der Waals surface area contributed by atoms with Crippen LogP contribution in [0, 0.1) is 6.08 Å². The molecule has 0 amide bonds. The topological polar surface area (TPSA) is 32.6 Å².